The van der Waals surface area contributed by atoms with Crippen LogP contribution in [0.15, 0.2) is 23.1 Å². The van der Waals surface area contributed by atoms with Crippen LogP contribution >= 0.6 is 11.6 Å². The Hall–Kier alpha value is -1.64. The molecule has 0 radical (unpaired) electrons. The largest absolute Gasteiger partial charge is 0.478 e. The molecule has 0 saturated carbocycles. The van der Waals surface area contributed by atoms with Crippen molar-refractivity contribution in [1.82, 2.24) is 4.72 Å². The Balaban J connectivity index is 2.32. The van der Waals surface area contributed by atoms with Crippen LogP contribution in [0.25, 0.3) is 0 Å². The van der Waals surface area contributed by atoms with E-state index in [4.69, 9.17) is 16.7 Å². The van der Waals surface area contributed by atoms with Gasteiger partial charge in [0.1, 0.15) is 6.04 Å². The van der Waals surface area contributed by atoms with Gasteiger partial charge in [0, 0.05) is 6.42 Å². The molecule has 0 amide bonds. The van der Waals surface area contributed by atoms with Crippen molar-refractivity contribution >= 4 is 33.6 Å². The molecule has 0 spiro atoms. The van der Waals surface area contributed by atoms with E-state index in [9.17, 15) is 18.0 Å². The topological polar surface area (TPSA) is 110 Å². The first kappa shape index (κ1) is 14.8. The Bertz CT molecular complexity index is 671. The average molecular weight is 320 g/mol. The highest BCUT2D eigenvalue weighted by Gasteiger charge is 2.31. The van der Waals surface area contributed by atoms with Gasteiger partial charge < -0.3 is 9.84 Å². The molecule has 20 heavy (non-hydrogen) atoms. The van der Waals surface area contributed by atoms with Crippen LogP contribution in [0, 0.1) is 0 Å². The van der Waals surface area contributed by atoms with Crippen molar-refractivity contribution in [2.45, 2.75) is 17.4 Å². The van der Waals surface area contributed by atoms with E-state index in [1.54, 1.807) is 0 Å². The minimum atomic E-state index is -4.02. The minimum Gasteiger partial charge on any atom is -0.478 e. The number of carboxylic acids is 1. The zero-order valence-electron chi connectivity index (χ0n) is 10.00. The predicted molar refractivity (Wildman–Crippen MR) is 68.1 cm³/mol. The van der Waals surface area contributed by atoms with Gasteiger partial charge in [-0.1, -0.05) is 11.6 Å². The van der Waals surface area contributed by atoms with Crippen LogP contribution in [-0.2, 0) is 19.6 Å². The predicted octanol–water partition coefficient (Wildman–Crippen LogP) is 0.632. The fraction of sp³-hybridized carbons (Fsp3) is 0.273. The molecule has 1 aromatic carbocycles. The summed E-state index contributed by atoms with van der Waals surface area (Å²) in [5, 5.41) is 8.84. The summed E-state index contributed by atoms with van der Waals surface area (Å²) in [6.07, 6.45) is 0.234. The van der Waals surface area contributed by atoms with Crippen LogP contribution < -0.4 is 4.72 Å². The van der Waals surface area contributed by atoms with Crippen LogP contribution in [0.4, 0.5) is 0 Å². The third-order valence-corrected chi connectivity index (χ3v) is 4.51. The number of benzene rings is 1. The molecule has 1 aliphatic heterocycles. The first-order valence-electron chi connectivity index (χ1n) is 5.53. The number of hydrogen-bond donors (Lipinski definition) is 2. The third kappa shape index (κ3) is 2.92. The smallest absolute Gasteiger partial charge is 0.337 e. The number of sulfonamides is 1. The first-order chi connectivity index (χ1) is 9.31. The highest BCUT2D eigenvalue weighted by Crippen LogP contribution is 2.21. The summed E-state index contributed by atoms with van der Waals surface area (Å²) in [5.41, 5.74) is -0.330. The zero-order chi connectivity index (χ0) is 14.9. The van der Waals surface area contributed by atoms with Gasteiger partial charge in [0.2, 0.25) is 10.0 Å². The summed E-state index contributed by atoms with van der Waals surface area (Å²) < 4.78 is 30.9. The van der Waals surface area contributed by atoms with E-state index in [-0.39, 0.29) is 28.5 Å². The lowest BCUT2D eigenvalue weighted by Crippen LogP contribution is -2.37. The Morgan fingerprint density at radius 2 is 2.15 bits per heavy atom. The molecule has 1 aromatic rings. The summed E-state index contributed by atoms with van der Waals surface area (Å²) >= 11 is 5.66. The van der Waals surface area contributed by atoms with Gasteiger partial charge in [-0.3, -0.25) is 4.79 Å². The van der Waals surface area contributed by atoms with Crippen molar-refractivity contribution in [3.05, 3.63) is 28.8 Å². The highest BCUT2D eigenvalue weighted by atomic mass is 35.5. The van der Waals surface area contributed by atoms with Gasteiger partial charge in [0.25, 0.3) is 0 Å². The van der Waals surface area contributed by atoms with E-state index in [1.165, 1.54) is 6.07 Å². The highest BCUT2D eigenvalue weighted by molar-refractivity contribution is 7.89. The molecule has 2 N–H and O–H groups in total. The summed E-state index contributed by atoms with van der Waals surface area (Å²) in [6.45, 7) is 0.146. The van der Waals surface area contributed by atoms with Crippen molar-refractivity contribution in [2.24, 2.45) is 0 Å². The molecule has 1 unspecified atom stereocenters. The molecule has 1 fully saturated rings. The fourth-order valence-corrected chi connectivity index (χ4v) is 3.14. The molecular formula is C11H10ClNO6S. The van der Waals surface area contributed by atoms with E-state index in [1.807, 2.05) is 0 Å². The Labute approximate surface area is 119 Å². The van der Waals surface area contributed by atoms with Crippen molar-refractivity contribution in [3.8, 4) is 0 Å². The number of carboxylic acid groups (broad SMARTS) is 1. The van der Waals surface area contributed by atoms with Gasteiger partial charge in [-0.05, 0) is 18.2 Å². The maximum atomic E-state index is 12.1. The lowest BCUT2D eigenvalue weighted by atomic mass is 10.2. The number of aromatic carboxylic acids is 1. The summed E-state index contributed by atoms with van der Waals surface area (Å²) in [7, 11) is -4.02. The van der Waals surface area contributed by atoms with E-state index in [2.05, 4.69) is 9.46 Å². The van der Waals surface area contributed by atoms with Crippen LogP contribution in [0.2, 0.25) is 5.02 Å². The number of rotatable bonds is 4. The number of cyclic esters (lactones) is 1. The van der Waals surface area contributed by atoms with Gasteiger partial charge in [0.05, 0.1) is 22.1 Å². The number of hydrogen-bond acceptors (Lipinski definition) is 5. The second kappa shape index (κ2) is 5.39. The number of ether oxygens (including phenoxy) is 1. The molecule has 0 aromatic heterocycles. The van der Waals surface area contributed by atoms with Crippen LogP contribution in [0.1, 0.15) is 16.8 Å². The molecular weight excluding hydrogens is 310 g/mol. The lowest BCUT2D eigenvalue weighted by molar-refractivity contribution is -0.139. The number of carbonyl (C=O) groups excluding carboxylic acids is 1. The fourth-order valence-electron chi connectivity index (χ4n) is 1.69. The van der Waals surface area contributed by atoms with E-state index in [0.717, 1.165) is 12.1 Å². The Kier molecular flexibility index (Phi) is 3.98. The Morgan fingerprint density at radius 3 is 2.70 bits per heavy atom. The molecule has 2 rings (SSSR count). The normalized spacial score (nSPS) is 18.9. The number of carbonyl (C=O) groups is 2. The maximum Gasteiger partial charge on any atom is 0.337 e. The monoisotopic (exact) mass is 319 g/mol. The molecule has 0 aliphatic carbocycles. The second-order valence-corrected chi connectivity index (χ2v) is 6.20. The molecule has 1 heterocycles. The molecule has 7 nitrogen and oxygen atoms in total. The molecule has 1 aliphatic rings. The molecule has 9 heteroatoms. The SMILES string of the molecule is O=C(O)c1cc(S(=O)(=O)NC2CCOC2=O)ccc1Cl. The average Bonchev–Trinajstić information content (AvgIpc) is 2.74. The molecule has 1 saturated heterocycles. The van der Waals surface area contributed by atoms with Crippen LogP contribution in [0.3, 0.4) is 0 Å². The maximum absolute atomic E-state index is 12.1. The Morgan fingerprint density at radius 1 is 1.45 bits per heavy atom. The van der Waals surface area contributed by atoms with Crippen molar-refractivity contribution in [3.63, 3.8) is 0 Å². The van der Waals surface area contributed by atoms with Gasteiger partial charge >= 0.3 is 11.9 Å². The van der Waals surface area contributed by atoms with Gasteiger partial charge in [-0.25, -0.2) is 13.2 Å². The van der Waals surface area contributed by atoms with Crippen molar-refractivity contribution < 1.29 is 27.9 Å². The van der Waals surface area contributed by atoms with E-state index in [0.29, 0.717) is 0 Å². The number of esters is 1. The number of nitrogens with one attached hydrogen (secondary N) is 1. The quantitative estimate of drug-likeness (QED) is 0.788. The van der Waals surface area contributed by atoms with Crippen LogP contribution in [-0.4, -0.2) is 38.1 Å². The first-order valence-corrected chi connectivity index (χ1v) is 7.39. The molecule has 0 bridgehead atoms. The summed E-state index contributed by atoms with van der Waals surface area (Å²) in [5.74, 6) is -1.99. The van der Waals surface area contributed by atoms with Gasteiger partial charge in [-0.2, -0.15) is 4.72 Å². The second-order valence-electron chi connectivity index (χ2n) is 4.08. The van der Waals surface area contributed by atoms with Crippen LogP contribution in [0.5, 0.6) is 0 Å². The standard InChI is InChI=1S/C11H10ClNO6S/c12-8-2-1-6(5-7(8)10(14)15)20(17,18)13-9-3-4-19-11(9)16/h1-2,5,9,13H,3-4H2,(H,14,15). The van der Waals surface area contributed by atoms with Crippen molar-refractivity contribution in [2.75, 3.05) is 6.61 Å². The lowest BCUT2D eigenvalue weighted by Gasteiger charge is -2.10. The number of halogens is 1. The third-order valence-electron chi connectivity index (χ3n) is 2.71. The molecule has 1 atom stereocenters. The van der Waals surface area contributed by atoms with E-state index >= 15 is 0 Å². The molecule has 108 valence electrons. The minimum absolute atomic E-state index is 0.0725. The van der Waals surface area contributed by atoms with Crippen molar-refractivity contribution in [1.29, 1.82) is 0 Å². The summed E-state index contributed by atoms with van der Waals surface area (Å²) in [6, 6.07) is 2.32. The summed E-state index contributed by atoms with van der Waals surface area (Å²) in [4.78, 5) is 21.9. The zero-order valence-corrected chi connectivity index (χ0v) is 11.6. The van der Waals surface area contributed by atoms with Gasteiger partial charge in [0.15, 0.2) is 0 Å². The van der Waals surface area contributed by atoms with Gasteiger partial charge in [-0.15, -0.1) is 0 Å². The van der Waals surface area contributed by atoms with E-state index < -0.39 is 28.0 Å².